The molecule has 0 aromatic carbocycles. The molecule has 0 radical (unpaired) electrons. The highest BCUT2D eigenvalue weighted by Crippen LogP contribution is 2.25. The van der Waals surface area contributed by atoms with Gasteiger partial charge in [-0.1, -0.05) is 26.7 Å². The van der Waals surface area contributed by atoms with Crippen LogP contribution in [0.1, 0.15) is 49.3 Å². The Kier molecular flexibility index (Phi) is 5.86. The molecule has 0 bridgehead atoms. The number of hydrogen-bond acceptors (Lipinski definition) is 3. The van der Waals surface area contributed by atoms with Gasteiger partial charge in [-0.15, -0.1) is 11.3 Å². The largest absolute Gasteiger partial charge is 0.312 e. The Morgan fingerprint density at radius 1 is 1.26 bits per heavy atom. The lowest BCUT2D eigenvalue weighted by molar-refractivity contribution is 0.239. The molecule has 2 nitrogen and oxygen atoms in total. The molecular formula is C16H28N2S. The molecule has 19 heavy (non-hydrogen) atoms. The lowest BCUT2D eigenvalue weighted by Gasteiger charge is -2.23. The van der Waals surface area contributed by atoms with Crippen molar-refractivity contribution in [3.05, 3.63) is 21.9 Å². The van der Waals surface area contributed by atoms with Crippen molar-refractivity contribution in [2.75, 3.05) is 13.6 Å². The Morgan fingerprint density at radius 3 is 2.63 bits per heavy atom. The fourth-order valence-corrected chi connectivity index (χ4v) is 3.86. The molecule has 1 heterocycles. The molecule has 1 saturated carbocycles. The van der Waals surface area contributed by atoms with E-state index in [0.717, 1.165) is 31.6 Å². The number of hydrogen-bond donors (Lipinski definition) is 1. The zero-order valence-electron chi connectivity index (χ0n) is 12.6. The van der Waals surface area contributed by atoms with Crippen LogP contribution in [-0.2, 0) is 13.1 Å². The summed E-state index contributed by atoms with van der Waals surface area (Å²) in [7, 11) is 2.28. The lowest BCUT2D eigenvalue weighted by Crippen LogP contribution is -2.28. The van der Waals surface area contributed by atoms with Crippen molar-refractivity contribution in [1.29, 1.82) is 0 Å². The molecule has 0 amide bonds. The molecule has 108 valence electrons. The van der Waals surface area contributed by atoms with Crippen LogP contribution in [-0.4, -0.2) is 24.5 Å². The maximum Gasteiger partial charge on any atom is 0.0327 e. The Hall–Kier alpha value is -0.380. The number of nitrogens with zero attached hydrogens (tertiary/aromatic N) is 1. The van der Waals surface area contributed by atoms with E-state index in [2.05, 4.69) is 43.2 Å². The normalized spacial score (nSPS) is 16.9. The molecule has 0 saturated heterocycles. The summed E-state index contributed by atoms with van der Waals surface area (Å²) < 4.78 is 0. The molecule has 2 rings (SSSR count). The second kappa shape index (κ2) is 7.41. The summed E-state index contributed by atoms with van der Waals surface area (Å²) in [5.74, 6) is 0.730. The molecule has 1 fully saturated rings. The summed E-state index contributed by atoms with van der Waals surface area (Å²) in [6.45, 7) is 7.76. The highest BCUT2D eigenvalue weighted by molar-refractivity contribution is 7.11. The van der Waals surface area contributed by atoms with Gasteiger partial charge < -0.3 is 5.32 Å². The maximum absolute atomic E-state index is 3.52. The van der Waals surface area contributed by atoms with Crippen LogP contribution in [0.2, 0.25) is 0 Å². The molecule has 1 aromatic heterocycles. The second-order valence-electron chi connectivity index (χ2n) is 6.25. The van der Waals surface area contributed by atoms with E-state index in [-0.39, 0.29) is 0 Å². The van der Waals surface area contributed by atoms with Crippen LogP contribution in [0.3, 0.4) is 0 Å². The summed E-state index contributed by atoms with van der Waals surface area (Å²) in [5.41, 5.74) is 0. The summed E-state index contributed by atoms with van der Waals surface area (Å²) in [4.78, 5) is 5.52. The van der Waals surface area contributed by atoms with Crippen LogP contribution < -0.4 is 5.32 Å². The van der Waals surface area contributed by atoms with Gasteiger partial charge in [-0.25, -0.2) is 0 Å². The predicted molar refractivity (Wildman–Crippen MR) is 84.6 cm³/mol. The molecule has 3 heteroatoms. The van der Waals surface area contributed by atoms with Gasteiger partial charge >= 0.3 is 0 Å². The van der Waals surface area contributed by atoms with E-state index in [4.69, 9.17) is 0 Å². The van der Waals surface area contributed by atoms with Crippen LogP contribution in [0, 0.1) is 5.92 Å². The average Bonchev–Trinajstić information content (AvgIpc) is 2.99. The van der Waals surface area contributed by atoms with E-state index in [0.29, 0.717) is 0 Å². The smallest absolute Gasteiger partial charge is 0.0327 e. The van der Waals surface area contributed by atoms with Crippen molar-refractivity contribution >= 4 is 11.3 Å². The molecule has 0 unspecified atom stereocenters. The third-order valence-electron chi connectivity index (χ3n) is 3.92. The first-order chi connectivity index (χ1) is 9.15. The van der Waals surface area contributed by atoms with E-state index in [9.17, 15) is 0 Å². The SMILES string of the molecule is CC(C)CNCc1ccc(CN(C)C2CCCC2)s1. The van der Waals surface area contributed by atoms with E-state index in [1.54, 1.807) is 0 Å². The van der Waals surface area contributed by atoms with Crippen molar-refractivity contribution in [1.82, 2.24) is 10.2 Å². The third-order valence-corrected chi connectivity index (χ3v) is 4.99. The van der Waals surface area contributed by atoms with Gasteiger partial charge in [-0.2, -0.15) is 0 Å². The molecule has 0 atom stereocenters. The van der Waals surface area contributed by atoms with Crippen molar-refractivity contribution in [3.63, 3.8) is 0 Å². The minimum absolute atomic E-state index is 0.730. The van der Waals surface area contributed by atoms with Crippen LogP contribution in [0.5, 0.6) is 0 Å². The molecule has 1 aliphatic rings. The topological polar surface area (TPSA) is 15.3 Å². The Bertz CT molecular complexity index is 367. The molecule has 1 N–H and O–H groups in total. The van der Waals surface area contributed by atoms with E-state index >= 15 is 0 Å². The van der Waals surface area contributed by atoms with Gasteiger partial charge in [0.1, 0.15) is 0 Å². The highest BCUT2D eigenvalue weighted by Gasteiger charge is 2.19. The van der Waals surface area contributed by atoms with Crippen molar-refractivity contribution in [3.8, 4) is 0 Å². The van der Waals surface area contributed by atoms with Gasteiger partial charge in [0.2, 0.25) is 0 Å². The second-order valence-corrected chi connectivity index (χ2v) is 7.50. The summed E-state index contributed by atoms with van der Waals surface area (Å²) >= 11 is 1.97. The van der Waals surface area contributed by atoms with Crippen molar-refractivity contribution < 1.29 is 0 Å². The number of thiophene rings is 1. The Morgan fingerprint density at radius 2 is 1.95 bits per heavy atom. The number of rotatable bonds is 7. The first kappa shape index (κ1) is 15.0. The van der Waals surface area contributed by atoms with Crippen LogP contribution >= 0.6 is 11.3 Å². The first-order valence-electron chi connectivity index (χ1n) is 7.63. The molecule has 0 aliphatic heterocycles. The van der Waals surface area contributed by atoms with Crippen LogP contribution in [0.15, 0.2) is 12.1 Å². The van der Waals surface area contributed by atoms with E-state index in [1.165, 1.54) is 35.4 Å². The Balaban J connectivity index is 1.76. The monoisotopic (exact) mass is 280 g/mol. The van der Waals surface area contributed by atoms with Gasteiger partial charge in [0.25, 0.3) is 0 Å². The third kappa shape index (κ3) is 4.90. The van der Waals surface area contributed by atoms with Crippen LogP contribution in [0.4, 0.5) is 0 Å². The summed E-state index contributed by atoms with van der Waals surface area (Å²) in [6, 6.07) is 5.42. The van der Waals surface area contributed by atoms with Crippen molar-refractivity contribution in [2.45, 2.75) is 58.7 Å². The van der Waals surface area contributed by atoms with E-state index in [1.807, 2.05) is 11.3 Å². The summed E-state index contributed by atoms with van der Waals surface area (Å²) in [5, 5.41) is 3.52. The van der Waals surface area contributed by atoms with Gasteiger partial charge in [0.05, 0.1) is 0 Å². The molecular weight excluding hydrogens is 252 g/mol. The minimum Gasteiger partial charge on any atom is -0.312 e. The molecule has 1 aliphatic carbocycles. The van der Waals surface area contributed by atoms with Crippen LogP contribution in [0.25, 0.3) is 0 Å². The predicted octanol–water partition coefficient (Wildman–Crippen LogP) is 3.87. The Labute approximate surface area is 122 Å². The average molecular weight is 280 g/mol. The minimum atomic E-state index is 0.730. The van der Waals surface area contributed by atoms with Crippen molar-refractivity contribution in [2.24, 2.45) is 5.92 Å². The molecule has 0 spiro atoms. The van der Waals surface area contributed by atoms with Gasteiger partial charge in [0, 0.05) is 28.9 Å². The highest BCUT2D eigenvalue weighted by atomic mass is 32.1. The fourth-order valence-electron chi connectivity index (χ4n) is 2.81. The zero-order valence-corrected chi connectivity index (χ0v) is 13.4. The van der Waals surface area contributed by atoms with Gasteiger partial charge in [-0.3, -0.25) is 4.90 Å². The van der Waals surface area contributed by atoms with E-state index < -0.39 is 0 Å². The quantitative estimate of drug-likeness (QED) is 0.815. The van der Waals surface area contributed by atoms with Gasteiger partial charge in [-0.05, 0) is 44.5 Å². The lowest BCUT2D eigenvalue weighted by atomic mass is 10.2. The number of nitrogens with one attached hydrogen (secondary N) is 1. The molecule has 1 aromatic rings. The first-order valence-corrected chi connectivity index (χ1v) is 8.45. The maximum atomic E-state index is 3.52. The fraction of sp³-hybridized carbons (Fsp3) is 0.750. The summed E-state index contributed by atoms with van der Waals surface area (Å²) in [6.07, 6.45) is 5.63. The zero-order chi connectivity index (χ0) is 13.7. The van der Waals surface area contributed by atoms with Gasteiger partial charge in [0.15, 0.2) is 0 Å². The standard InChI is InChI=1S/C16H28N2S/c1-13(2)10-17-11-15-8-9-16(19-15)12-18(3)14-6-4-5-7-14/h8-9,13-14,17H,4-7,10-12H2,1-3H3.